The number of benzene rings is 1. The highest BCUT2D eigenvalue weighted by atomic mass is 35.5. The van der Waals surface area contributed by atoms with Crippen LogP contribution in [0.2, 0.25) is 5.02 Å². The lowest BCUT2D eigenvalue weighted by molar-refractivity contribution is -0.137. The van der Waals surface area contributed by atoms with Crippen LogP contribution in [0.1, 0.15) is 50.0 Å². The van der Waals surface area contributed by atoms with E-state index in [4.69, 9.17) is 16.7 Å². The fourth-order valence-electron chi connectivity index (χ4n) is 2.90. The third kappa shape index (κ3) is 3.49. The van der Waals surface area contributed by atoms with E-state index < -0.39 is 5.97 Å². The molecule has 0 radical (unpaired) electrons. The lowest BCUT2D eigenvalue weighted by Crippen LogP contribution is -2.14. The highest BCUT2D eigenvalue weighted by molar-refractivity contribution is 6.31. The van der Waals surface area contributed by atoms with Crippen molar-refractivity contribution in [3.63, 3.8) is 0 Å². The molecule has 98 valence electrons. The number of carboxylic acids is 1. The lowest BCUT2D eigenvalue weighted by Gasteiger charge is -2.29. The highest BCUT2D eigenvalue weighted by Gasteiger charge is 2.23. The number of halogens is 1. The Hall–Kier alpha value is -1.02. The van der Waals surface area contributed by atoms with Gasteiger partial charge in [-0.1, -0.05) is 29.8 Å². The molecular formula is C15H19ClO2. The van der Waals surface area contributed by atoms with Gasteiger partial charge < -0.3 is 5.11 Å². The third-order valence-corrected chi connectivity index (χ3v) is 4.30. The minimum atomic E-state index is -0.678. The van der Waals surface area contributed by atoms with Crippen LogP contribution in [-0.4, -0.2) is 11.1 Å². The van der Waals surface area contributed by atoms with Crippen LogP contribution in [0.4, 0.5) is 0 Å². The Balaban J connectivity index is 1.87. The summed E-state index contributed by atoms with van der Waals surface area (Å²) in [5.74, 6) is 0.461. The van der Waals surface area contributed by atoms with E-state index >= 15 is 0 Å². The Morgan fingerprint density at radius 2 is 1.89 bits per heavy atom. The van der Waals surface area contributed by atoms with Crippen molar-refractivity contribution in [1.82, 2.24) is 0 Å². The average molecular weight is 267 g/mol. The summed E-state index contributed by atoms with van der Waals surface area (Å²) < 4.78 is 0. The largest absolute Gasteiger partial charge is 0.481 e. The first-order valence-corrected chi connectivity index (χ1v) is 7.01. The Kier molecular flexibility index (Phi) is 4.65. The summed E-state index contributed by atoms with van der Waals surface area (Å²) >= 11 is 6.22. The molecule has 1 fully saturated rings. The van der Waals surface area contributed by atoms with Crippen molar-refractivity contribution in [1.29, 1.82) is 0 Å². The number of aliphatic carboxylic acids is 1. The quantitative estimate of drug-likeness (QED) is 0.872. The van der Waals surface area contributed by atoms with Crippen LogP contribution in [0.5, 0.6) is 0 Å². The maximum absolute atomic E-state index is 10.6. The molecule has 0 bridgehead atoms. The van der Waals surface area contributed by atoms with Gasteiger partial charge in [0.2, 0.25) is 0 Å². The maximum Gasteiger partial charge on any atom is 0.303 e. The number of carboxylic acid groups (broad SMARTS) is 1. The van der Waals surface area contributed by atoms with E-state index in [9.17, 15) is 4.79 Å². The van der Waals surface area contributed by atoms with Crippen LogP contribution in [0, 0.1) is 5.92 Å². The molecule has 0 atom stereocenters. The van der Waals surface area contributed by atoms with Gasteiger partial charge in [0.1, 0.15) is 0 Å². The zero-order valence-corrected chi connectivity index (χ0v) is 11.2. The van der Waals surface area contributed by atoms with Crippen LogP contribution in [0.3, 0.4) is 0 Å². The first-order valence-electron chi connectivity index (χ1n) is 6.63. The predicted molar refractivity (Wildman–Crippen MR) is 73.0 cm³/mol. The zero-order chi connectivity index (χ0) is 13.0. The van der Waals surface area contributed by atoms with Gasteiger partial charge in [-0.2, -0.15) is 0 Å². The van der Waals surface area contributed by atoms with Crippen LogP contribution in [0.15, 0.2) is 24.3 Å². The van der Waals surface area contributed by atoms with Crippen molar-refractivity contribution in [3.05, 3.63) is 34.9 Å². The standard InChI is InChI=1S/C15H19ClO2/c16-14-4-2-1-3-13(14)12-8-5-11(6-9-12)7-10-15(17)18/h1-4,11-12H,5-10H2,(H,17,18). The Labute approximate surface area is 113 Å². The number of hydrogen-bond donors (Lipinski definition) is 1. The van der Waals surface area contributed by atoms with E-state index in [0.717, 1.165) is 37.1 Å². The summed E-state index contributed by atoms with van der Waals surface area (Å²) in [6, 6.07) is 8.07. The zero-order valence-electron chi connectivity index (χ0n) is 10.4. The molecule has 3 heteroatoms. The molecule has 0 unspecified atom stereocenters. The fraction of sp³-hybridized carbons (Fsp3) is 0.533. The van der Waals surface area contributed by atoms with Gasteiger partial charge in [-0.15, -0.1) is 0 Å². The van der Waals surface area contributed by atoms with E-state index in [1.54, 1.807) is 0 Å². The molecule has 1 aromatic carbocycles. The average Bonchev–Trinajstić information content (AvgIpc) is 2.38. The molecule has 1 N–H and O–H groups in total. The molecule has 1 aromatic rings. The molecule has 1 aliphatic rings. The van der Waals surface area contributed by atoms with Gasteiger partial charge in [-0.25, -0.2) is 0 Å². The van der Waals surface area contributed by atoms with Gasteiger partial charge in [0, 0.05) is 11.4 Å². The minimum Gasteiger partial charge on any atom is -0.481 e. The van der Waals surface area contributed by atoms with Gasteiger partial charge in [-0.05, 0) is 55.6 Å². The second-order valence-corrected chi connectivity index (χ2v) is 5.58. The first kappa shape index (κ1) is 13.4. The molecule has 0 aromatic heterocycles. The summed E-state index contributed by atoms with van der Waals surface area (Å²) in [5.41, 5.74) is 1.26. The van der Waals surface area contributed by atoms with Crippen molar-refractivity contribution < 1.29 is 9.90 Å². The topological polar surface area (TPSA) is 37.3 Å². The molecule has 0 heterocycles. The maximum atomic E-state index is 10.6. The van der Waals surface area contributed by atoms with E-state index in [-0.39, 0.29) is 0 Å². The van der Waals surface area contributed by atoms with Crippen molar-refractivity contribution in [2.24, 2.45) is 5.92 Å². The van der Waals surface area contributed by atoms with E-state index in [1.807, 2.05) is 18.2 Å². The van der Waals surface area contributed by atoms with Crippen LogP contribution in [0.25, 0.3) is 0 Å². The fourth-order valence-corrected chi connectivity index (χ4v) is 3.19. The summed E-state index contributed by atoms with van der Waals surface area (Å²) in [7, 11) is 0. The van der Waals surface area contributed by atoms with E-state index in [1.165, 1.54) is 5.56 Å². The number of hydrogen-bond acceptors (Lipinski definition) is 1. The number of carbonyl (C=O) groups is 1. The SMILES string of the molecule is O=C(O)CCC1CCC(c2ccccc2Cl)CC1. The second kappa shape index (κ2) is 6.24. The van der Waals surface area contributed by atoms with Gasteiger partial charge in [0.15, 0.2) is 0 Å². The molecule has 2 nitrogen and oxygen atoms in total. The van der Waals surface area contributed by atoms with Gasteiger partial charge in [0.25, 0.3) is 0 Å². The summed E-state index contributed by atoms with van der Waals surface area (Å²) in [6.07, 6.45) is 5.65. The van der Waals surface area contributed by atoms with Gasteiger partial charge in [0.05, 0.1) is 0 Å². The molecule has 0 spiro atoms. The Bertz CT molecular complexity index is 409. The van der Waals surface area contributed by atoms with Crippen molar-refractivity contribution in [2.75, 3.05) is 0 Å². The summed E-state index contributed by atoms with van der Waals surface area (Å²) in [5, 5.41) is 9.56. The number of rotatable bonds is 4. The second-order valence-electron chi connectivity index (χ2n) is 5.17. The lowest BCUT2D eigenvalue weighted by atomic mass is 9.77. The third-order valence-electron chi connectivity index (χ3n) is 3.96. The smallest absolute Gasteiger partial charge is 0.303 e. The summed E-state index contributed by atoms with van der Waals surface area (Å²) in [6.45, 7) is 0. The van der Waals surface area contributed by atoms with E-state index in [0.29, 0.717) is 18.3 Å². The Morgan fingerprint density at radius 1 is 1.22 bits per heavy atom. The molecule has 1 aliphatic carbocycles. The van der Waals surface area contributed by atoms with Crippen LogP contribution >= 0.6 is 11.6 Å². The highest BCUT2D eigenvalue weighted by Crippen LogP contribution is 2.39. The minimum absolute atomic E-state index is 0.307. The van der Waals surface area contributed by atoms with Crippen LogP contribution < -0.4 is 0 Å². The molecule has 1 saturated carbocycles. The van der Waals surface area contributed by atoms with Crippen molar-refractivity contribution >= 4 is 17.6 Å². The molecule has 2 rings (SSSR count). The molecular weight excluding hydrogens is 248 g/mol. The van der Waals surface area contributed by atoms with Crippen molar-refractivity contribution in [2.45, 2.75) is 44.4 Å². The monoisotopic (exact) mass is 266 g/mol. The predicted octanol–water partition coefficient (Wildman–Crippen LogP) is 4.48. The molecule has 0 saturated heterocycles. The first-order chi connectivity index (χ1) is 8.66. The van der Waals surface area contributed by atoms with Crippen LogP contribution in [-0.2, 0) is 4.79 Å². The molecule has 18 heavy (non-hydrogen) atoms. The Morgan fingerprint density at radius 3 is 2.50 bits per heavy atom. The normalized spacial score (nSPS) is 23.8. The van der Waals surface area contributed by atoms with Crippen molar-refractivity contribution in [3.8, 4) is 0 Å². The molecule has 0 amide bonds. The summed E-state index contributed by atoms with van der Waals surface area (Å²) in [4.78, 5) is 10.6. The van der Waals surface area contributed by atoms with Gasteiger partial charge in [-0.3, -0.25) is 4.79 Å². The van der Waals surface area contributed by atoms with Gasteiger partial charge >= 0.3 is 5.97 Å². The van der Waals surface area contributed by atoms with E-state index in [2.05, 4.69) is 6.07 Å². The molecule has 0 aliphatic heterocycles.